The largest absolute Gasteiger partial charge is 0.741 e. The van der Waals surface area contributed by atoms with Crippen LogP contribution in [-0.4, -0.2) is 54.7 Å². The van der Waals surface area contributed by atoms with E-state index in [1.807, 2.05) is 54.9 Å². The van der Waals surface area contributed by atoms with Crippen molar-refractivity contribution in [2.75, 3.05) is 6.54 Å². The van der Waals surface area contributed by atoms with Crippen LogP contribution in [0.25, 0.3) is 21.8 Å². The lowest BCUT2D eigenvalue weighted by molar-refractivity contribution is -0.617. The van der Waals surface area contributed by atoms with Gasteiger partial charge in [-0.1, -0.05) is 42.3 Å². The average molecular weight is 655 g/mol. The van der Waals surface area contributed by atoms with Gasteiger partial charge >= 0.3 is 11.5 Å². The van der Waals surface area contributed by atoms with Crippen molar-refractivity contribution in [3.63, 3.8) is 0 Å². The number of nitrogens with zero attached hydrogens (tertiary/aromatic N) is 2. The Morgan fingerprint density at radius 3 is 2.07 bits per heavy atom. The normalized spacial score (nSPS) is 12.0. The second-order valence-electron chi connectivity index (χ2n) is 9.80. The van der Waals surface area contributed by atoms with Gasteiger partial charge < -0.3 is 9.66 Å². The van der Waals surface area contributed by atoms with Crippen LogP contribution in [0.1, 0.15) is 41.6 Å². The van der Waals surface area contributed by atoms with Gasteiger partial charge in [-0.3, -0.25) is 9.59 Å². The van der Waals surface area contributed by atoms with Crippen LogP contribution in [0.5, 0.6) is 0 Å². The molecular formula is C29H29F3N2O8S2. The number of hydrogen-bond donors (Lipinski definition) is 1. The van der Waals surface area contributed by atoms with Crippen LogP contribution >= 0.6 is 0 Å². The highest BCUT2D eigenvalue weighted by atomic mass is 32.2. The molecule has 0 atom stereocenters. The summed E-state index contributed by atoms with van der Waals surface area (Å²) in [5.74, 6) is -1.50. The number of fused-ring (bicyclic) bond motifs is 2. The molecule has 1 heterocycles. The van der Waals surface area contributed by atoms with Crippen molar-refractivity contribution in [3.8, 4) is 0 Å². The smallest absolute Gasteiger partial charge is 0.485 e. The molecule has 1 aromatic heterocycles. The highest BCUT2D eigenvalue weighted by Crippen LogP contribution is 2.26. The summed E-state index contributed by atoms with van der Waals surface area (Å²) in [6.45, 7) is 1.83. The number of carboxylic acids is 1. The highest BCUT2D eigenvalue weighted by molar-refractivity contribution is 7.89. The van der Waals surface area contributed by atoms with Gasteiger partial charge in [0.05, 0.1) is 15.8 Å². The molecule has 10 nitrogen and oxygen atoms in total. The molecule has 0 saturated heterocycles. The maximum atomic E-state index is 13.9. The SMILES string of the molecule is Cc1ccc(S(=O)(=O)N(CCCCCC(=O)O)C(=O)c2cccc3c2cc2ccccc2[n+]3C)cc1.O=S(=O)([O-])C(F)(F)F. The monoisotopic (exact) mass is 654 g/mol. The number of amides is 1. The van der Waals surface area contributed by atoms with Crippen molar-refractivity contribution >= 4 is 53.8 Å². The number of hydrogen-bond acceptors (Lipinski definition) is 7. The van der Waals surface area contributed by atoms with Crippen molar-refractivity contribution in [1.29, 1.82) is 0 Å². The zero-order valence-corrected chi connectivity index (χ0v) is 25.2. The maximum absolute atomic E-state index is 13.9. The molecule has 4 rings (SSSR count). The number of unbranched alkanes of at least 4 members (excludes halogenated alkanes) is 2. The third-order valence-corrected chi connectivity index (χ3v) is 9.01. The van der Waals surface area contributed by atoms with Gasteiger partial charge in [0.15, 0.2) is 10.1 Å². The lowest BCUT2D eigenvalue weighted by Gasteiger charge is -2.23. The molecule has 0 bridgehead atoms. The summed E-state index contributed by atoms with van der Waals surface area (Å²) in [4.78, 5) is 24.8. The first-order valence-corrected chi connectivity index (χ1v) is 16.0. The van der Waals surface area contributed by atoms with E-state index in [1.165, 1.54) is 12.1 Å². The van der Waals surface area contributed by atoms with Gasteiger partial charge in [0.2, 0.25) is 11.0 Å². The molecule has 0 unspecified atom stereocenters. The van der Waals surface area contributed by atoms with E-state index >= 15 is 0 Å². The Labute approximate surface area is 252 Å². The summed E-state index contributed by atoms with van der Waals surface area (Å²) >= 11 is 0. The molecule has 0 aliphatic rings. The number of rotatable bonds is 9. The van der Waals surface area contributed by atoms with Crippen LogP contribution in [-0.2, 0) is 32.0 Å². The van der Waals surface area contributed by atoms with Gasteiger partial charge in [-0.15, -0.1) is 0 Å². The Morgan fingerprint density at radius 1 is 0.886 bits per heavy atom. The Hall–Kier alpha value is -4.08. The van der Waals surface area contributed by atoms with Crippen LogP contribution in [0.15, 0.2) is 77.7 Å². The molecule has 0 fully saturated rings. The number of benzene rings is 3. The van der Waals surface area contributed by atoms with Crippen LogP contribution in [0, 0.1) is 6.92 Å². The fourth-order valence-electron chi connectivity index (χ4n) is 4.40. The van der Waals surface area contributed by atoms with E-state index in [9.17, 15) is 31.2 Å². The van der Waals surface area contributed by atoms with Gasteiger partial charge in [-0.2, -0.15) is 17.7 Å². The van der Waals surface area contributed by atoms with Gasteiger partial charge in [0, 0.05) is 30.5 Å². The Morgan fingerprint density at radius 2 is 1.48 bits per heavy atom. The molecule has 4 aromatic rings. The minimum absolute atomic E-state index is 0.00551. The van der Waals surface area contributed by atoms with E-state index in [-0.39, 0.29) is 17.9 Å². The summed E-state index contributed by atoms with van der Waals surface area (Å²) in [6, 6.07) is 21.5. The minimum atomic E-state index is -6.09. The van der Waals surface area contributed by atoms with Crippen LogP contribution in [0.3, 0.4) is 0 Å². The van der Waals surface area contributed by atoms with Crippen LogP contribution < -0.4 is 4.57 Å². The Bertz CT molecular complexity index is 1890. The molecule has 15 heteroatoms. The summed E-state index contributed by atoms with van der Waals surface area (Å²) in [5.41, 5.74) is -2.62. The van der Waals surface area contributed by atoms with Crippen molar-refractivity contribution in [2.45, 2.75) is 43.0 Å². The molecule has 44 heavy (non-hydrogen) atoms. The summed E-state index contributed by atoms with van der Waals surface area (Å²) < 4.78 is 89.1. The van der Waals surface area contributed by atoms with Crippen molar-refractivity contribution in [1.82, 2.24) is 4.31 Å². The first-order valence-electron chi connectivity index (χ1n) is 13.1. The maximum Gasteiger partial charge on any atom is 0.485 e. The van der Waals surface area contributed by atoms with Crippen molar-refractivity contribution in [2.24, 2.45) is 7.05 Å². The van der Waals surface area contributed by atoms with E-state index in [4.69, 9.17) is 18.1 Å². The van der Waals surface area contributed by atoms with Crippen molar-refractivity contribution < 1.29 is 53.8 Å². The van der Waals surface area contributed by atoms with E-state index < -0.39 is 37.5 Å². The number of sulfonamides is 1. The predicted octanol–water partition coefficient (Wildman–Crippen LogP) is 4.65. The Kier molecular flexibility index (Phi) is 10.7. The van der Waals surface area contributed by atoms with E-state index in [1.54, 1.807) is 24.3 Å². The molecule has 3 aromatic carbocycles. The van der Waals surface area contributed by atoms with Crippen LogP contribution in [0.2, 0.25) is 0 Å². The van der Waals surface area contributed by atoms with Crippen LogP contribution in [0.4, 0.5) is 13.2 Å². The number of halogens is 3. The lowest BCUT2D eigenvalue weighted by Crippen LogP contribution is -2.38. The zero-order chi connectivity index (χ0) is 32.9. The van der Waals surface area contributed by atoms with Gasteiger partial charge in [0.1, 0.15) is 7.05 Å². The summed E-state index contributed by atoms with van der Waals surface area (Å²) in [7, 11) is -8.30. The summed E-state index contributed by atoms with van der Waals surface area (Å²) in [5, 5.41) is 10.5. The van der Waals surface area contributed by atoms with Gasteiger partial charge in [-0.25, -0.2) is 21.1 Å². The molecule has 0 spiro atoms. The first kappa shape index (κ1) is 34.4. The second-order valence-corrected chi connectivity index (χ2v) is 13.0. The zero-order valence-electron chi connectivity index (χ0n) is 23.6. The number of pyridine rings is 1. The number of aromatic nitrogens is 1. The van der Waals surface area contributed by atoms with Crippen molar-refractivity contribution in [3.05, 3.63) is 83.9 Å². The van der Waals surface area contributed by atoms with E-state index in [0.29, 0.717) is 30.2 Å². The molecule has 236 valence electrons. The van der Waals surface area contributed by atoms with Gasteiger partial charge in [0.25, 0.3) is 15.9 Å². The quantitative estimate of drug-likeness (QED) is 0.0900. The third-order valence-electron chi connectivity index (χ3n) is 6.64. The topological polar surface area (TPSA) is 153 Å². The molecule has 0 aliphatic heterocycles. The third kappa shape index (κ3) is 8.09. The molecule has 0 saturated carbocycles. The molecule has 0 radical (unpaired) electrons. The molecule has 0 aliphatic carbocycles. The number of alkyl halides is 3. The highest BCUT2D eigenvalue weighted by Gasteiger charge is 2.37. The molecule has 1 N–H and O–H groups in total. The Balaban J connectivity index is 0.000000583. The average Bonchev–Trinajstić information content (AvgIpc) is 2.94. The fraction of sp³-hybridized carbons (Fsp3) is 0.276. The first-order chi connectivity index (χ1) is 20.4. The minimum Gasteiger partial charge on any atom is -0.741 e. The standard InChI is InChI=1S/C28H28N2O5S.CHF3O3S/c1-20-14-16-22(17-15-20)36(34,35)30(18-7-3-4-13-27(31)32)28(33)23-10-8-12-26-24(23)19-21-9-5-6-11-25(21)29(26)2;2-1(3,4)8(5,6)7/h5-6,8-12,14-17,19H,3-4,7,13,18H2,1-2H3;(H,5,6,7). The second kappa shape index (κ2) is 13.7. The van der Waals surface area contributed by atoms with E-state index in [2.05, 4.69) is 0 Å². The fourth-order valence-corrected chi connectivity index (χ4v) is 5.82. The van der Waals surface area contributed by atoms with E-state index in [0.717, 1.165) is 26.3 Å². The number of carbonyl (C=O) groups is 2. The number of para-hydroxylation sites is 1. The number of aliphatic carboxylic acids is 1. The number of carbonyl (C=O) groups excluding carboxylic acids is 1. The number of carboxylic acid groups (broad SMARTS) is 1. The molecule has 1 amide bonds. The predicted molar refractivity (Wildman–Crippen MR) is 154 cm³/mol. The van der Waals surface area contributed by atoms with Gasteiger partial charge in [-0.05, 0) is 50.1 Å². The lowest BCUT2D eigenvalue weighted by atomic mass is 10.0. The number of aryl methyl sites for hydroxylation is 2. The summed E-state index contributed by atoms with van der Waals surface area (Å²) in [6.07, 6.45) is 1.28. The molecular weight excluding hydrogens is 625 g/mol.